The van der Waals surface area contributed by atoms with Gasteiger partial charge in [-0.2, -0.15) is 5.06 Å². The fraction of sp³-hybridized carbons (Fsp3) is 0.800. The van der Waals surface area contributed by atoms with E-state index < -0.39 is 29.9 Å². The maximum Gasteiger partial charge on any atom is 0.408 e. The molecule has 2 atom stereocenters. The zero-order valence-corrected chi connectivity index (χ0v) is 10.4. The number of hydroxylamine groups is 2. The molecule has 2 amide bonds. The van der Waals surface area contributed by atoms with Gasteiger partial charge in [-0.25, -0.2) is 4.79 Å². The fourth-order valence-electron chi connectivity index (χ4n) is 1.29. The smallest absolute Gasteiger partial charge is 0.408 e. The minimum Gasteiger partial charge on any atom is -0.444 e. The molecule has 7 heteroatoms. The topological polar surface area (TPSA) is 88.1 Å². The number of hydrogen-bond donors (Lipinski definition) is 2. The third-order valence-electron chi connectivity index (χ3n) is 1.93. The molecule has 1 aliphatic heterocycles. The van der Waals surface area contributed by atoms with Gasteiger partial charge in [-0.1, -0.05) is 0 Å². The van der Waals surface area contributed by atoms with Crippen molar-refractivity contribution in [3.8, 4) is 0 Å². The minimum atomic E-state index is -1.05. The first-order valence-electron chi connectivity index (χ1n) is 5.34. The second-order valence-electron chi connectivity index (χ2n) is 4.79. The van der Waals surface area contributed by atoms with Crippen LogP contribution in [-0.2, 0) is 14.4 Å². The van der Waals surface area contributed by atoms with Crippen molar-refractivity contribution in [2.24, 2.45) is 0 Å². The molecule has 1 heterocycles. The van der Waals surface area contributed by atoms with Crippen molar-refractivity contribution < 1.29 is 24.3 Å². The minimum absolute atomic E-state index is 0.0109. The van der Waals surface area contributed by atoms with Crippen LogP contribution in [0.25, 0.3) is 0 Å². The van der Waals surface area contributed by atoms with Gasteiger partial charge in [-0.05, 0) is 27.7 Å². The number of nitrogens with one attached hydrogen (secondary N) is 1. The van der Waals surface area contributed by atoms with Crippen molar-refractivity contribution in [2.75, 3.05) is 6.61 Å². The normalized spacial score (nSPS) is 22.5. The average Bonchev–Trinajstić information content (AvgIpc) is 2.44. The molecule has 7 nitrogen and oxygen atoms in total. The zero-order chi connectivity index (χ0) is 13.2. The zero-order valence-electron chi connectivity index (χ0n) is 10.4. The summed E-state index contributed by atoms with van der Waals surface area (Å²) in [4.78, 5) is 28.0. The van der Waals surface area contributed by atoms with Crippen molar-refractivity contribution in [3.05, 3.63) is 0 Å². The van der Waals surface area contributed by atoms with Crippen LogP contribution >= 0.6 is 0 Å². The van der Waals surface area contributed by atoms with Crippen LogP contribution in [0.3, 0.4) is 0 Å². The predicted molar refractivity (Wildman–Crippen MR) is 57.6 cm³/mol. The highest BCUT2D eigenvalue weighted by molar-refractivity contribution is 5.86. The highest BCUT2D eigenvalue weighted by Gasteiger charge is 2.37. The van der Waals surface area contributed by atoms with Gasteiger partial charge in [0.15, 0.2) is 6.23 Å². The SMILES string of the molecule is CC(O)N1OCC(NC(=O)OC(C)(C)C)C1=O. The van der Waals surface area contributed by atoms with Crippen LogP contribution in [0.5, 0.6) is 0 Å². The molecule has 1 aliphatic rings. The molecule has 98 valence electrons. The lowest BCUT2D eigenvalue weighted by atomic mass is 10.2. The maximum absolute atomic E-state index is 11.6. The van der Waals surface area contributed by atoms with E-state index in [1.165, 1.54) is 6.92 Å². The van der Waals surface area contributed by atoms with Crippen LogP contribution in [0.2, 0.25) is 0 Å². The van der Waals surface area contributed by atoms with Gasteiger partial charge in [0, 0.05) is 0 Å². The van der Waals surface area contributed by atoms with E-state index in [9.17, 15) is 14.7 Å². The van der Waals surface area contributed by atoms with Gasteiger partial charge in [-0.3, -0.25) is 9.63 Å². The summed E-state index contributed by atoms with van der Waals surface area (Å²) in [6, 6.07) is -0.820. The molecule has 0 aromatic carbocycles. The number of carbonyl (C=O) groups excluding carboxylic acids is 2. The maximum atomic E-state index is 11.6. The van der Waals surface area contributed by atoms with Crippen LogP contribution in [-0.4, -0.2) is 46.6 Å². The molecule has 0 spiro atoms. The monoisotopic (exact) mass is 246 g/mol. The Hall–Kier alpha value is -1.34. The van der Waals surface area contributed by atoms with Gasteiger partial charge in [0.2, 0.25) is 0 Å². The molecular weight excluding hydrogens is 228 g/mol. The van der Waals surface area contributed by atoms with Gasteiger partial charge in [0.05, 0.1) is 0 Å². The van der Waals surface area contributed by atoms with Crippen LogP contribution in [0, 0.1) is 0 Å². The van der Waals surface area contributed by atoms with E-state index in [1.54, 1.807) is 20.8 Å². The number of alkyl carbamates (subject to hydrolysis) is 1. The summed E-state index contributed by atoms with van der Waals surface area (Å²) in [5.41, 5.74) is -0.628. The molecule has 17 heavy (non-hydrogen) atoms. The molecule has 1 fully saturated rings. The number of rotatable bonds is 2. The molecule has 0 bridgehead atoms. The van der Waals surface area contributed by atoms with E-state index in [4.69, 9.17) is 9.57 Å². The highest BCUT2D eigenvalue weighted by Crippen LogP contribution is 2.12. The summed E-state index contributed by atoms with van der Waals surface area (Å²) < 4.78 is 5.00. The summed E-state index contributed by atoms with van der Waals surface area (Å²) in [7, 11) is 0. The molecule has 0 radical (unpaired) electrons. The number of carbonyl (C=O) groups is 2. The van der Waals surface area contributed by atoms with E-state index in [-0.39, 0.29) is 6.61 Å². The van der Waals surface area contributed by atoms with Crippen molar-refractivity contribution in [1.29, 1.82) is 0 Å². The fourth-order valence-corrected chi connectivity index (χ4v) is 1.29. The third kappa shape index (κ3) is 3.86. The predicted octanol–water partition coefficient (Wildman–Crippen LogP) is -0.00820. The molecule has 0 aromatic rings. The summed E-state index contributed by atoms with van der Waals surface area (Å²) in [6.07, 6.45) is -1.74. The Balaban J connectivity index is 2.49. The summed E-state index contributed by atoms with van der Waals surface area (Å²) in [6.45, 7) is 6.56. The second kappa shape index (κ2) is 4.89. The summed E-state index contributed by atoms with van der Waals surface area (Å²) in [5.74, 6) is -0.495. The molecule has 0 aromatic heterocycles. The van der Waals surface area contributed by atoms with Gasteiger partial charge >= 0.3 is 6.09 Å². The third-order valence-corrected chi connectivity index (χ3v) is 1.93. The molecular formula is C10H18N2O5. The van der Waals surface area contributed by atoms with Crippen LogP contribution in [0.15, 0.2) is 0 Å². The number of nitrogens with zero attached hydrogens (tertiary/aromatic N) is 1. The molecule has 2 unspecified atom stereocenters. The highest BCUT2D eigenvalue weighted by atomic mass is 16.7. The molecule has 1 rings (SSSR count). The Kier molecular flexibility index (Phi) is 3.94. The number of amides is 2. The average molecular weight is 246 g/mol. The molecule has 0 saturated carbocycles. The van der Waals surface area contributed by atoms with E-state index in [1.807, 2.05) is 0 Å². The van der Waals surface area contributed by atoms with Crippen LogP contribution in [0.4, 0.5) is 4.79 Å². The lowest BCUT2D eigenvalue weighted by molar-refractivity contribution is -0.203. The van der Waals surface area contributed by atoms with Crippen LogP contribution < -0.4 is 5.32 Å². The van der Waals surface area contributed by atoms with Crippen molar-refractivity contribution >= 4 is 12.0 Å². The molecule has 1 saturated heterocycles. The standard InChI is InChI=1S/C10H18N2O5/c1-6(13)12-8(14)7(5-16-12)11-9(15)17-10(2,3)4/h6-7,13H,5H2,1-4H3,(H,11,15). The van der Waals surface area contributed by atoms with Gasteiger partial charge in [-0.15, -0.1) is 0 Å². The first-order chi connectivity index (χ1) is 7.70. The van der Waals surface area contributed by atoms with E-state index >= 15 is 0 Å². The van der Waals surface area contributed by atoms with E-state index in [0.29, 0.717) is 0 Å². The first kappa shape index (κ1) is 13.7. The lowest BCUT2D eigenvalue weighted by Gasteiger charge is -2.21. The Morgan fingerprint density at radius 3 is 2.65 bits per heavy atom. The van der Waals surface area contributed by atoms with Crippen molar-refractivity contribution in [2.45, 2.75) is 45.6 Å². The number of aliphatic hydroxyl groups excluding tert-OH is 1. The first-order valence-corrected chi connectivity index (χ1v) is 5.34. The number of ether oxygens (including phenoxy) is 1. The molecule has 0 aliphatic carbocycles. The summed E-state index contributed by atoms with van der Waals surface area (Å²) >= 11 is 0. The van der Waals surface area contributed by atoms with Gasteiger partial charge in [0.1, 0.15) is 18.2 Å². The number of aliphatic hydroxyl groups is 1. The molecule has 2 N–H and O–H groups in total. The Morgan fingerprint density at radius 1 is 1.65 bits per heavy atom. The quantitative estimate of drug-likeness (QED) is 0.715. The number of hydrogen-bond acceptors (Lipinski definition) is 5. The summed E-state index contributed by atoms with van der Waals surface area (Å²) in [5, 5.41) is 12.4. The van der Waals surface area contributed by atoms with Gasteiger partial charge < -0.3 is 15.2 Å². The van der Waals surface area contributed by atoms with Crippen LogP contribution in [0.1, 0.15) is 27.7 Å². The second-order valence-corrected chi connectivity index (χ2v) is 4.79. The van der Waals surface area contributed by atoms with E-state index in [2.05, 4.69) is 5.32 Å². The Morgan fingerprint density at radius 2 is 2.24 bits per heavy atom. The Bertz CT molecular complexity index is 310. The Labute approximate surface area is 99.6 Å². The van der Waals surface area contributed by atoms with Crippen molar-refractivity contribution in [1.82, 2.24) is 10.4 Å². The lowest BCUT2D eigenvalue weighted by Crippen LogP contribution is -2.46. The van der Waals surface area contributed by atoms with Crippen molar-refractivity contribution in [3.63, 3.8) is 0 Å². The van der Waals surface area contributed by atoms with E-state index in [0.717, 1.165) is 5.06 Å². The van der Waals surface area contributed by atoms with Gasteiger partial charge in [0.25, 0.3) is 5.91 Å². The largest absolute Gasteiger partial charge is 0.444 e.